The monoisotopic (exact) mass is 541 g/mol. The SMILES string of the molecule is N#Cc1c(N)nc(SCC(=O)Nc2ccc(S(=O)(=O)Nc3ccccn3)cc2)c(C#N)c1-c1ccccc1. The van der Waals surface area contributed by atoms with E-state index in [4.69, 9.17) is 5.73 Å². The van der Waals surface area contributed by atoms with E-state index >= 15 is 0 Å². The second-order valence-corrected chi connectivity index (χ2v) is 10.3. The predicted molar refractivity (Wildman–Crippen MR) is 144 cm³/mol. The van der Waals surface area contributed by atoms with Crippen LogP contribution in [0.3, 0.4) is 0 Å². The lowest BCUT2D eigenvalue weighted by Crippen LogP contribution is -2.16. The number of anilines is 3. The number of carbonyl (C=O) groups excluding carboxylic acids is 1. The number of hydrogen-bond donors (Lipinski definition) is 3. The van der Waals surface area contributed by atoms with Gasteiger partial charge < -0.3 is 11.1 Å². The number of amides is 1. The van der Waals surface area contributed by atoms with Crippen LogP contribution in [0.4, 0.5) is 17.3 Å². The zero-order chi connectivity index (χ0) is 27.1. The van der Waals surface area contributed by atoms with Gasteiger partial charge in [0.1, 0.15) is 34.4 Å². The highest BCUT2D eigenvalue weighted by Gasteiger charge is 2.21. The standard InChI is InChI=1S/C26H19N7O3S2/c27-14-20-24(17-6-2-1-3-7-17)21(15-28)26(32-25(20)29)37-16-23(34)31-18-9-11-19(12-10-18)38(35,36)33-22-8-4-5-13-30-22/h1-13H,16H2,(H2,29,32)(H,30,33)(H,31,34). The summed E-state index contributed by atoms with van der Waals surface area (Å²) in [5.74, 6) is -0.370. The van der Waals surface area contributed by atoms with E-state index in [1.807, 2.05) is 12.1 Å². The fraction of sp³-hybridized carbons (Fsp3) is 0.0385. The van der Waals surface area contributed by atoms with E-state index in [0.29, 0.717) is 16.8 Å². The summed E-state index contributed by atoms with van der Waals surface area (Å²) in [5, 5.41) is 22.3. The van der Waals surface area contributed by atoms with Gasteiger partial charge >= 0.3 is 0 Å². The van der Waals surface area contributed by atoms with E-state index in [1.54, 1.807) is 36.4 Å². The Hall–Kier alpha value is -4.91. The summed E-state index contributed by atoms with van der Waals surface area (Å²) in [4.78, 5) is 20.7. The van der Waals surface area contributed by atoms with Crippen LogP contribution in [0.25, 0.3) is 11.1 Å². The minimum absolute atomic E-state index is 0.000104. The van der Waals surface area contributed by atoms with Crippen molar-refractivity contribution in [2.75, 3.05) is 21.5 Å². The molecule has 1 amide bonds. The minimum Gasteiger partial charge on any atom is -0.383 e. The van der Waals surface area contributed by atoms with E-state index in [-0.39, 0.29) is 38.4 Å². The van der Waals surface area contributed by atoms with Gasteiger partial charge in [-0.15, -0.1) is 0 Å². The van der Waals surface area contributed by atoms with Crippen LogP contribution in [-0.4, -0.2) is 30.0 Å². The second kappa shape index (κ2) is 11.4. The molecule has 0 radical (unpaired) electrons. The van der Waals surface area contributed by atoms with Crippen molar-refractivity contribution in [3.05, 3.63) is 90.1 Å². The van der Waals surface area contributed by atoms with Crippen LogP contribution in [0, 0.1) is 22.7 Å². The molecule has 0 unspecified atom stereocenters. The maximum Gasteiger partial charge on any atom is 0.263 e. The number of thioether (sulfide) groups is 1. The Morgan fingerprint density at radius 3 is 2.26 bits per heavy atom. The minimum atomic E-state index is -3.85. The first-order valence-electron chi connectivity index (χ1n) is 11.0. The molecule has 0 fully saturated rings. The third kappa shape index (κ3) is 5.90. The van der Waals surface area contributed by atoms with Crippen LogP contribution in [0.1, 0.15) is 11.1 Å². The van der Waals surface area contributed by atoms with Gasteiger partial charge in [-0.2, -0.15) is 10.5 Å². The molecule has 4 aromatic rings. The van der Waals surface area contributed by atoms with Crippen molar-refractivity contribution in [2.24, 2.45) is 0 Å². The average molecular weight is 542 g/mol. The molecule has 0 aliphatic carbocycles. The van der Waals surface area contributed by atoms with Crippen LogP contribution in [-0.2, 0) is 14.8 Å². The average Bonchev–Trinajstić information content (AvgIpc) is 2.92. The summed E-state index contributed by atoms with van der Waals surface area (Å²) in [6.07, 6.45) is 1.47. The molecule has 12 heteroatoms. The Labute approximate surface area is 223 Å². The summed E-state index contributed by atoms with van der Waals surface area (Å²) in [6.45, 7) is 0. The fourth-order valence-electron chi connectivity index (χ4n) is 3.46. The summed E-state index contributed by atoms with van der Waals surface area (Å²) in [6, 6.07) is 23.5. The summed E-state index contributed by atoms with van der Waals surface area (Å²) in [5.41, 5.74) is 7.62. The highest BCUT2D eigenvalue weighted by Crippen LogP contribution is 2.35. The third-order valence-electron chi connectivity index (χ3n) is 5.17. The number of pyridine rings is 2. The molecule has 0 saturated carbocycles. The molecule has 10 nitrogen and oxygen atoms in total. The van der Waals surface area contributed by atoms with Gasteiger partial charge in [-0.1, -0.05) is 48.2 Å². The first-order valence-corrected chi connectivity index (χ1v) is 13.4. The number of carbonyl (C=O) groups is 1. The van der Waals surface area contributed by atoms with Gasteiger partial charge in [0.25, 0.3) is 10.0 Å². The number of aromatic nitrogens is 2. The molecule has 38 heavy (non-hydrogen) atoms. The Morgan fingerprint density at radius 1 is 0.947 bits per heavy atom. The number of sulfonamides is 1. The molecule has 2 aromatic carbocycles. The van der Waals surface area contributed by atoms with Crippen molar-refractivity contribution >= 4 is 45.0 Å². The first kappa shape index (κ1) is 26.2. The van der Waals surface area contributed by atoms with Crippen molar-refractivity contribution in [1.82, 2.24) is 9.97 Å². The number of nitrogen functional groups attached to an aromatic ring is 1. The highest BCUT2D eigenvalue weighted by molar-refractivity contribution is 8.00. The number of benzene rings is 2. The van der Waals surface area contributed by atoms with Gasteiger partial charge in [-0.25, -0.2) is 18.4 Å². The van der Waals surface area contributed by atoms with Crippen LogP contribution < -0.4 is 15.8 Å². The van der Waals surface area contributed by atoms with Crippen molar-refractivity contribution < 1.29 is 13.2 Å². The van der Waals surface area contributed by atoms with Crippen molar-refractivity contribution in [3.63, 3.8) is 0 Å². The van der Waals surface area contributed by atoms with Gasteiger partial charge in [-0.05, 0) is 42.0 Å². The number of nitrogens with one attached hydrogen (secondary N) is 2. The third-order valence-corrected chi connectivity index (χ3v) is 7.52. The number of nitrogens with two attached hydrogens (primary N) is 1. The van der Waals surface area contributed by atoms with E-state index in [2.05, 4.69) is 26.1 Å². The maximum absolute atomic E-state index is 12.6. The molecule has 4 N–H and O–H groups in total. The van der Waals surface area contributed by atoms with Gasteiger partial charge in [0.05, 0.1) is 16.2 Å². The molecule has 188 valence electrons. The summed E-state index contributed by atoms with van der Waals surface area (Å²) < 4.78 is 27.5. The van der Waals surface area contributed by atoms with Crippen LogP contribution in [0.2, 0.25) is 0 Å². The predicted octanol–water partition coefficient (Wildman–Crippen LogP) is 4.00. The van der Waals surface area contributed by atoms with Gasteiger partial charge in [0, 0.05) is 17.4 Å². The Kier molecular flexibility index (Phi) is 7.87. The van der Waals surface area contributed by atoms with E-state index in [1.165, 1.54) is 36.5 Å². The normalized spacial score (nSPS) is 10.7. The first-order chi connectivity index (χ1) is 18.3. The van der Waals surface area contributed by atoms with Gasteiger partial charge in [0.15, 0.2) is 0 Å². The Morgan fingerprint density at radius 2 is 1.63 bits per heavy atom. The molecule has 0 saturated heterocycles. The molecule has 0 bridgehead atoms. The van der Waals surface area contributed by atoms with Crippen LogP contribution in [0.15, 0.2) is 88.9 Å². The Balaban J connectivity index is 1.47. The van der Waals surface area contributed by atoms with Gasteiger partial charge in [0.2, 0.25) is 5.91 Å². The molecule has 2 heterocycles. The zero-order valence-corrected chi connectivity index (χ0v) is 21.3. The van der Waals surface area contributed by atoms with Crippen LogP contribution >= 0.6 is 11.8 Å². The van der Waals surface area contributed by atoms with E-state index in [0.717, 1.165) is 11.8 Å². The second-order valence-electron chi connectivity index (χ2n) is 7.70. The lowest BCUT2D eigenvalue weighted by molar-refractivity contribution is -0.113. The lowest BCUT2D eigenvalue weighted by Gasteiger charge is -2.13. The molecule has 0 atom stereocenters. The molecule has 0 spiro atoms. The summed E-state index contributed by atoms with van der Waals surface area (Å²) >= 11 is 1.00. The molecular weight excluding hydrogens is 522 g/mol. The molecule has 0 aliphatic rings. The molecular formula is C26H19N7O3S2. The topological polar surface area (TPSA) is 175 Å². The quantitative estimate of drug-likeness (QED) is 0.278. The summed E-state index contributed by atoms with van der Waals surface area (Å²) in [7, 11) is -3.85. The number of nitriles is 2. The fourth-order valence-corrected chi connectivity index (χ4v) is 5.27. The lowest BCUT2D eigenvalue weighted by atomic mass is 9.97. The largest absolute Gasteiger partial charge is 0.383 e. The van der Waals surface area contributed by atoms with E-state index < -0.39 is 15.9 Å². The smallest absolute Gasteiger partial charge is 0.263 e. The molecule has 0 aliphatic heterocycles. The molecule has 2 aromatic heterocycles. The number of hydrogen-bond acceptors (Lipinski definition) is 9. The highest BCUT2D eigenvalue weighted by atomic mass is 32.2. The van der Waals surface area contributed by atoms with Crippen molar-refractivity contribution in [2.45, 2.75) is 9.92 Å². The number of nitrogens with zero attached hydrogens (tertiary/aromatic N) is 4. The van der Waals surface area contributed by atoms with Crippen molar-refractivity contribution in [3.8, 4) is 23.3 Å². The number of rotatable bonds is 8. The van der Waals surface area contributed by atoms with Crippen molar-refractivity contribution in [1.29, 1.82) is 10.5 Å². The van der Waals surface area contributed by atoms with Gasteiger partial charge in [-0.3, -0.25) is 9.52 Å². The van der Waals surface area contributed by atoms with Crippen LogP contribution in [0.5, 0.6) is 0 Å². The Bertz CT molecular complexity index is 1660. The van der Waals surface area contributed by atoms with E-state index in [9.17, 15) is 23.7 Å². The maximum atomic E-state index is 12.6. The molecule has 4 rings (SSSR count). The zero-order valence-electron chi connectivity index (χ0n) is 19.6.